The lowest BCUT2D eigenvalue weighted by molar-refractivity contribution is 0.568. The van der Waals surface area contributed by atoms with Gasteiger partial charge in [0.15, 0.2) is 0 Å². The quantitative estimate of drug-likeness (QED) is 0.155. The minimum Gasteiger partial charge on any atom is -0.0991 e. The van der Waals surface area contributed by atoms with Gasteiger partial charge in [0.1, 0.15) is 0 Å². The molecule has 0 aromatic heterocycles. The number of rotatable bonds is 3. The first-order valence-corrected chi connectivity index (χ1v) is 26.3. The number of benzene rings is 8. The summed E-state index contributed by atoms with van der Waals surface area (Å²) in [5.41, 5.74) is 20.6. The van der Waals surface area contributed by atoms with Crippen molar-refractivity contribution < 1.29 is 0 Å². The zero-order chi connectivity index (χ0) is 51.1. The number of hydrogen-bond acceptors (Lipinski definition) is 0. The molecule has 0 radical (unpaired) electrons. The third-order valence-electron chi connectivity index (χ3n) is 15.2. The number of fused-ring (bicyclic) bond motifs is 9. The summed E-state index contributed by atoms with van der Waals surface area (Å²) >= 11 is 0. The molecule has 0 aliphatic heterocycles. The van der Waals surface area contributed by atoms with E-state index >= 15 is 0 Å². The fourth-order valence-electron chi connectivity index (χ4n) is 11.1. The van der Waals surface area contributed by atoms with Crippen LogP contribution in [0.2, 0.25) is 0 Å². The molecule has 72 heavy (non-hydrogen) atoms. The van der Waals surface area contributed by atoms with Gasteiger partial charge >= 0.3 is 0 Å². The maximum Gasteiger partial charge on any atom is 0.000142 e. The van der Waals surface area contributed by atoms with Crippen molar-refractivity contribution in [3.05, 3.63) is 191 Å². The van der Waals surface area contributed by atoms with Crippen molar-refractivity contribution in [1.29, 1.82) is 0 Å². The van der Waals surface area contributed by atoms with E-state index in [4.69, 9.17) is 0 Å². The fraction of sp³-hybridized carbons (Fsp3) is 0.306. The zero-order valence-corrected chi connectivity index (χ0v) is 45.7. The third-order valence-corrected chi connectivity index (χ3v) is 15.2. The van der Waals surface area contributed by atoms with Gasteiger partial charge in [0, 0.05) is 5.92 Å². The summed E-state index contributed by atoms with van der Waals surface area (Å²) in [6.45, 7) is 41.0. The van der Waals surface area contributed by atoms with E-state index in [9.17, 15) is 0 Å². The van der Waals surface area contributed by atoms with Crippen molar-refractivity contribution in [3.8, 4) is 44.5 Å². The van der Waals surface area contributed by atoms with E-state index in [0.29, 0.717) is 0 Å². The molecule has 1 unspecified atom stereocenters. The second-order valence-corrected chi connectivity index (χ2v) is 24.5. The minimum absolute atomic E-state index is 0. The van der Waals surface area contributed by atoms with E-state index < -0.39 is 0 Å². The Balaban J connectivity index is 0.00000228. The van der Waals surface area contributed by atoms with Crippen molar-refractivity contribution in [2.45, 2.75) is 140 Å². The highest BCUT2D eigenvalue weighted by molar-refractivity contribution is 6.27. The lowest BCUT2D eigenvalue weighted by atomic mass is 9.77. The molecule has 0 bridgehead atoms. The molecule has 0 nitrogen and oxygen atoms in total. The van der Waals surface area contributed by atoms with Gasteiger partial charge in [0.2, 0.25) is 0 Å². The van der Waals surface area contributed by atoms with E-state index in [1.54, 1.807) is 0 Å². The first kappa shape index (κ1) is 51.8. The van der Waals surface area contributed by atoms with Crippen LogP contribution in [0.25, 0.3) is 99.2 Å². The van der Waals surface area contributed by atoms with Gasteiger partial charge in [-0.2, -0.15) is 0 Å². The van der Waals surface area contributed by atoms with Crippen LogP contribution in [-0.4, -0.2) is 0 Å². The standard InChI is InChI=1S/C69H70.C2H6.CH4/c1-16-21-51-42(3)28-41(2)22-17-18-23-44-33-57-60(36-54(44)51)55(45-29-47(66(4,5)6)34-48(30-45)67(7,8)9)38-63-62(57)37-56(46-31-49(68(10,11)12)35-50(32-46)69(13,14)15)61-39-58-52-26-19-24-43-25-20-27-53(65(43)52)59(58)40-64(61)63;1-2;/h16-40,42H,1H2,2-15H3;1-2H3;1H4/b22-17-,23-18+,41-28-,51-21+;;. The van der Waals surface area contributed by atoms with Crippen LogP contribution in [0.3, 0.4) is 0 Å². The Morgan fingerprint density at radius 3 is 1.28 bits per heavy atom. The smallest absolute Gasteiger partial charge is 0.000142 e. The van der Waals surface area contributed by atoms with Crippen LogP contribution < -0.4 is 0 Å². The maximum absolute atomic E-state index is 4.24. The molecule has 8 aromatic rings. The molecule has 8 aromatic carbocycles. The van der Waals surface area contributed by atoms with E-state index in [2.05, 4.69) is 249 Å². The molecule has 368 valence electrons. The molecule has 0 spiro atoms. The normalized spacial score (nSPS) is 16.9. The highest BCUT2D eigenvalue weighted by atomic mass is 14.3. The topological polar surface area (TPSA) is 0 Å². The second-order valence-electron chi connectivity index (χ2n) is 24.5. The molecule has 0 amide bonds. The Morgan fingerprint density at radius 1 is 0.444 bits per heavy atom. The minimum atomic E-state index is -0.0434. The van der Waals surface area contributed by atoms with Crippen LogP contribution in [0, 0.1) is 5.92 Å². The van der Waals surface area contributed by atoms with E-state index in [1.807, 2.05) is 19.9 Å². The van der Waals surface area contributed by atoms with Crippen LogP contribution in [0.5, 0.6) is 0 Å². The molecular formula is C72H80. The number of allylic oxidation sites excluding steroid dienone is 8. The average Bonchev–Trinajstić information content (AvgIpc) is 3.63. The van der Waals surface area contributed by atoms with Gasteiger partial charge < -0.3 is 0 Å². The summed E-state index contributed by atoms with van der Waals surface area (Å²) < 4.78 is 0. The summed E-state index contributed by atoms with van der Waals surface area (Å²) in [7, 11) is 0. The molecule has 0 heteroatoms. The highest BCUT2D eigenvalue weighted by Crippen LogP contribution is 2.52. The van der Waals surface area contributed by atoms with Crippen LogP contribution in [0.1, 0.15) is 152 Å². The zero-order valence-electron chi connectivity index (χ0n) is 45.7. The van der Waals surface area contributed by atoms with Crippen molar-refractivity contribution in [2.75, 3.05) is 0 Å². The Morgan fingerprint density at radius 2 is 0.833 bits per heavy atom. The summed E-state index contributed by atoms with van der Waals surface area (Å²) in [5.74, 6) is 0.175. The van der Waals surface area contributed by atoms with Crippen molar-refractivity contribution in [1.82, 2.24) is 0 Å². The summed E-state index contributed by atoms with van der Waals surface area (Å²) in [4.78, 5) is 0. The van der Waals surface area contributed by atoms with Gasteiger partial charge in [-0.15, -0.1) is 0 Å². The summed E-state index contributed by atoms with van der Waals surface area (Å²) in [6.07, 6.45) is 15.5. The Bertz CT molecular complexity index is 3530. The molecule has 2 aliphatic rings. The first-order chi connectivity index (χ1) is 33.5. The van der Waals surface area contributed by atoms with Crippen molar-refractivity contribution in [2.24, 2.45) is 5.92 Å². The van der Waals surface area contributed by atoms with E-state index in [1.165, 1.54) is 132 Å². The third kappa shape index (κ3) is 9.28. The van der Waals surface area contributed by atoms with Crippen molar-refractivity contribution in [3.63, 3.8) is 0 Å². The molecule has 10 rings (SSSR count). The van der Waals surface area contributed by atoms with E-state index in [-0.39, 0.29) is 35.0 Å². The summed E-state index contributed by atoms with van der Waals surface area (Å²) in [6, 6.07) is 43.8. The predicted octanol–water partition coefficient (Wildman–Crippen LogP) is 21.9. The predicted molar refractivity (Wildman–Crippen MR) is 324 cm³/mol. The molecule has 0 fully saturated rings. The number of hydrogen-bond donors (Lipinski definition) is 0. The summed E-state index contributed by atoms with van der Waals surface area (Å²) in [5, 5.41) is 10.3. The molecule has 0 saturated heterocycles. The van der Waals surface area contributed by atoms with Crippen LogP contribution in [-0.2, 0) is 21.7 Å². The molecule has 1 atom stereocenters. The first-order valence-electron chi connectivity index (χ1n) is 26.3. The van der Waals surface area contributed by atoms with Crippen LogP contribution >= 0.6 is 0 Å². The second kappa shape index (κ2) is 18.8. The molecule has 0 saturated carbocycles. The molecule has 0 N–H and O–H groups in total. The monoisotopic (exact) mass is 945 g/mol. The average molecular weight is 945 g/mol. The van der Waals surface area contributed by atoms with Gasteiger partial charge in [0.25, 0.3) is 0 Å². The Hall–Kier alpha value is -6.50. The molecule has 0 heterocycles. The van der Waals surface area contributed by atoms with Crippen LogP contribution in [0.4, 0.5) is 0 Å². The van der Waals surface area contributed by atoms with Gasteiger partial charge in [-0.25, -0.2) is 0 Å². The van der Waals surface area contributed by atoms with Gasteiger partial charge in [-0.1, -0.05) is 239 Å². The Kier molecular flexibility index (Phi) is 13.6. The fourth-order valence-corrected chi connectivity index (χ4v) is 11.1. The highest BCUT2D eigenvalue weighted by Gasteiger charge is 2.28. The van der Waals surface area contributed by atoms with Gasteiger partial charge in [0.05, 0.1) is 0 Å². The molecule has 2 aliphatic carbocycles. The lowest BCUT2D eigenvalue weighted by Gasteiger charge is -2.27. The van der Waals surface area contributed by atoms with Gasteiger partial charge in [-0.3, -0.25) is 0 Å². The largest absolute Gasteiger partial charge is 0.0991 e. The van der Waals surface area contributed by atoms with Gasteiger partial charge in [-0.05, 0) is 192 Å². The SMILES string of the molecule is C.C=C/C=C1/c2cc3c(-c4cc(C(C)(C)C)cc(C(C)(C)C)c4)cc4c5cc6c(cc5c(-c5cc(C(C)(C)C)cc(C(C)(C)C)c5)cc4c3cc2/C=C/C=C\C(C)=C/C1C)-c1cccc2cccc-6c12.CC. The van der Waals surface area contributed by atoms with Crippen LogP contribution in [0.15, 0.2) is 158 Å². The maximum atomic E-state index is 4.24. The van der Waals surface area contributed by atoms with E-state index in [0.717, 1.165) is 0 Å². The lowest BCUT2D eigenvalue weighted by Crippen LogP contribution is -2.16. The van der Waals surface area contributed by atoms with Crippen molar-refractivity contribution >= 4 is 54.7 Å². The molecular weight excluding hydrogens is 865 g/mol. The Labute approximate surface area is 434 Å².